The Morgan fingerprint density at radius 1 is 1.62 bits per heavy atom. The summed E-state index contributed by atoms with van der Waals surface area (Å²) in [4.78, 5) is 18.8. The van der Waals surface area contributed by atoms with Crippen LogP contribution in [0.4, 0.5) is 4.39 Å². The Balaban J connectivity index is 3.71. The second kappa shape index (κ2) is 2.69. The summed E-state index contributed by atoms with van der Waals surface area (Å²) in [7, 11) is 0. The van der Waals surface area contributed by atoms with E-state index in [0.29, 0.717) is 0 Å². The van der Waals surface area contributed by atoms with E-state index in [1.807, 2.05) is 0 Å². The lowest BCUT2D eigenvalue weighted by atomic mass is 10.7. The Labute approximate surface area is 43.5 Å². The average molecular weight is 117 g/mol. The van der Waals surface area contributed by atoms with Crippen LogP contribution in [0.15, 0.2) is 0 Å². The smallest absolute Gasteiger partial charge is 0.343 e. The van der Waals surface area contributed by atoms with E-state index in [-0.39, 0.29) is 0 Å². The van der Waals surface area contributed by atoms with Crippen LogP contribution in [0, 0.1) is 11.5 Å². The fraction of sp³-hybridized carbons (Fsp3) is 0. The first-order valence-corrected chi connectivity index (χ1v) is 1.48. The van der Waals surface area contributed by atoms with Crippen molar-refractivity contribution in [3.8, 4) is 6.26 Å². The van der Waals surface area contributed by atoms with Crippen molar-refractivity contribution in [3.63, 3.8) is 0 Å². The van der Waals surface area contributed by atoms with Gasteiger partial charge >= 0.3 is 12.0 Å². The summed E-state index contributed by atoms with van der Waals surface area (Å²) < 4.78 is 14.3. The van der Waals surface area contributed by atoms with E-state index in [1.165, 1.54) is 0 Å². The first-order valence-electron chi connectivity index (χ1n) is 1.48. The Bertz CT molecular complexity index is 158. The standard InChI is InChI=1S/C3FNO3/c4-2(6)3(7)8-1-5. The number of ether oxygens (including phenoxy) is 1. The van der Waals surface area contributed by atoms with Gasteiger partial charge in [0.1, 0.15) is 0 Å². The number of carbonyl (C=O) groups is 2. The van der Waals surface area contributed by atoms with Crippen molar-refractivity contribution in [2.45, 2.75) is 0 Å². The second-order valence-electron chi connectivity index (χ2n) is 0.755. The molecule has 0 bridgehead atoms. The molecule has 4 nitrogen and oxygen atoms in total. The molecule has 0 aromatic carbocycles. The topological polar surface area (TPSA) is 67.2 Å². The fourth-order valence-corrected chi connectivity index (χ4v) is 0.0816. The largest absolute Gasteiger partial charge is 0.424 e. The zero-order chi connectivity index (χ0) is 6.57. The molecular weight excluding hydrogens is 117 g/mol. The van der Waals surface area contributed by atoms with Crippen molar-refractivity contribution < 1.29 is 18.7 Å². The van der Waals surface area contributed by atoms with Crippen molar-refractivity contribution in [1.29, 1.82) is 5.26 Å². The van der Waals surface area contributed by atoms with Crippen LogP contribution >= 0.6 is 0 Å². The average Bonchev–Trinajstić information content (AvgIpc) is 1.67. The third-order valence-electron chi connectivity index (χ3n) is 0.299. The zero-order valence-electron chi connectivity index (χ0n) is 3.55. The number of nitrogens with zero attached hydrogens (tertiary/aromatic N) is 1. The van der Waals surface area contributed by atoms with Crippen LogP contribution in [0.1, 0.15) is 0 Å². The number of carbonyl (C=O) groups excluding carboxylic acids is 2. The molecule has 0 atom stereocenters. The predicted octanol–water partition coefficient (Wildman–Crippen LogP) is -0.493. The number of hydrogen-bond donors (Lipinski definition) is 0. The van der Waals surface area contributed by atoms with Crippen LogP contribution in [-0.4, -0.2) is 12.0 Å². The van der Waals surface area contributed by atoms with E-state index < -0.39 is 12.0 Å². The van der Waals surface area contributed by atoms with Crippen molar-refractivity contribution in [2.24, 2.45) is 0 Å². The highest BCUT2D eigenvalue weighted by Gasteiger charge is 2.12. The maximum atomic E-state index is 11.0. The molecule has 0 fully saturated rings. The van der Waals surface area contributed by atoms with Crippen molar-refractivity contribution in [3.05, 3.63) is 0 Å². The van der Waals surface area contributed by atoms with Gasteiger partial charge in [0.2, 0.25) is 0 Å². The minimum Gasteiger partial charge on any atom is -0.343 e. The van der Waals surface area contributed by atoms with Crippen molar-refractivity contribution in [1.82, 2.24) is 0 Å². The van der Waals surface area contributed by atoms with Crippen molar-refractivity contribution in [2.75, 3.05) is 0 Å². The van der Waals surface area contributed by atoms with Crippen LogP contribution in [-0.2, 0) is 14.3 Å². The molecule has 0 radical (unpaired) electrons. The van der Waals surface area contributed by atoms with E-state index in [0.717, 1.165) is 6.26 Å². The Kier molecular flexibility index (Phi) is 2.20. The first-order chi connectivity index (χ1) is 3.68. The second-order valence-corrected chi connectivity index (χ2v) is 0.755. The molecule has 0 saturated carbocycles. The molecule has 0 aliphatic rings. The zero-order valence-corrected chi connectivity index (χ0v) is 3.55. The van der Waals surface area contributed by atoms with E-state index in [2.05, 4.69) is 4.74 Å². The van der Waals surface area contributed by atoms with Gasteiger partial charge in [0, 0.05) is 0 Å². The van der Waals surface area contributed by atoms with E-state index in [1.54, 1.807) is 0 Å². The molecule has 0 saturated heterocycles. The molecule has 0 spiro atoms. The molecule has 0 aliphatic carbocycles. The van der Waals surface area contributed by atoms with Crippen molar-refractivity contribution >= 4 is 12.0 Å². The fourth-order valence-electron chi connectivity index (χ4n) is 0.0816. The van der Waals surface area contributed by atoms with Gasteiger partial charge in [-0.25, -0.2) is 9.59 Å². The van der Waals surface area contributed by atoms with Crippen LogP contribution in [0.5, 0.6) is 0 Å². The molecule has 0 aromatic rings. The summed E-state index contributed by atoms with van der Waals surface area (Å²) in [6.07, 6.45) is 0.838. The Morgan fingerprint density at radius 2 is 2.12 bits per heavy atom. The minimum absolute atomic E-state index is 0.838. The van der Waals surface area contributed by atoms with Gasteiger partial charge in [0.05, 0.1) is 0 Å². The lowest BCUT2D eigenvalue weighted by Crippen LogP contribution is -2.08. The lowest BCUT2D eigenvalue weighted by molar-refractivity contribution is -0.154. The Hall–Kier alpha value is -1.44. The maximum absolute atomic E-state index is 11.0. The molecule has 0 N–H and O–H groups in total. The summed E-state index contributed by atoms with van der Waals surface area (Å²) in [5, 5.41) is 7.47. The monoisotopic (exact) mass is 117 g/mol. The normalized spacial score (nSPS) is 7.00. The molecule has 0 rings (SSSR count). The molecule has 0 aromatic heterocycles. The minimum atomic E-state index is -2.27. The predicted molar refractivity (Wildman–Crippen MR) is 17.8 cm³/mol. The first kappa shape index (κ1) is 6.56. The molecule has 8 heavy (non-hydrogen) atoms. The number of rotatable bonds is 1. The van der Waals surface area contributed by atoms with Gasteiger partial charge in [-0.3, -0.25) is 0 Å². The van der Waals surface area contributed by atoms with E-state index in [4.69, 9.17) is 5.26 Å². The van der Waals surface area contributed by atoms with Gasteiger partial charge in [-0.05, 0) is 0 Å². The molecule has 0 amide bonds. The molecule has 0 heterocycles. The molecule has 0 unspecified atom stereocenters. The van der Waals surface area contributed by atoms with Gasteiger partial charge in [-0.15, -0.1) is 5.26 Å². The summed E-state index contributed by atoms with van der Waals surface area (Å²) >= 11 is 0. The Morgan fingerprint density at radius 3 is 2.25 bits per heavy atom. The number of esters is 1. The highest BCUT2D eigenvalue weighted by molar-refractivity contribution is 6.29. The molecule has 0 aliphatic heterocycles. The third kappa shape index (κ3) is 1.87. The van der Waals surface area contributed by atoms with E-state index >= 15 is 0 Å². The van der Waals surface area contributed by atoms with E-state index in [9.17, 15) is 14.0 Å². The van der Waals surface area contributed by atoms with Crippen LogP contribution in [0.3, 0.4) is 0 Å². The van der Waals surface area contributed by atoms with Crippen LogP contribution < -0.4 is 0 Å². The molecular formula is C3FNO3. The number of nitriles is 1. The molecule has 5 heteroatoms. The summed E-state index contributed by atoms with van der Waals surface area (Å²) in [6.45, 7) is 0. The molecule has 42 valence electrons. The maximum Gasteiger partial charge on any atom is 0.424 e. The summed E-state index contributed by atoms with van der Waals surface area (Å²) in [5.41, 5.74) is 0. The van der Waals surface area contributed by atoms with Crippen LogP contribution in [0.2, 0.25) is 0 Å². The number of halogens is 1. The van der Waals surface area contributed by atoms with Gasteiger partial charge in [0.15, 0.2) is 0 Å². The third-order valence-corrected chi connectivity index (χ3v) is 0.299. The number of hydrogen-bond acceptors (Lipinski definition) is 4. The van der Waals surface area contributed by atoms with Gasteiger partial charge in [0.25, 0.3) is 6.26 Å². The van der Waals surface area contributed by atoms with Gasteiger partial charge in [-0.1, -0.05) is 0 Å². The summed E-state index contributed by atoms with van der Waals surface area (Å²) in [6, 6.07) is -2.27. The van der Waals surface area contributed by atoms with Gasteiger partial charge < -0.3 is 4.74 Å². The summed E-state index contributed by atoms with van der Waals surface area (Å²) in [5.74, 6) is -1.78. The quantitative estimate of drug-likeness (QED) is 0.201. The highest BCUT2D eigenvalue weighted by Crippen LogP contribution is 1.77. The lowest BCUT2D eigenvalue weighted by Gasteiger charge is -1.79. The van der Waals surface area contributed by atoms with Crippen LogP contribution in [0.25, 0.3) is 0 Å². The van der Waals surface area contributed by atoms with Gasteiger partial charge in [-0.2, -0.15) is 4.39 Å². The highest BCUT2D eigenvalue weighted by atomic mass is 19.1. The SMILES string of the molecule is N#COC(=O)C(=O)F.